The molecule has 3 heteroatoms. The van der Waals surface area contributed by atoms with Gasteiger partial charge in [0.25, 0.3) is 0 Å². The van der Waals surface area contributed by atoms with Crippen molar-refractivity contribution in [2.45, 2.75) is 27.7 Å². The number of nitrogens with one attached hydrogen (secondary N) is 1. The van der Waals surface area contributed by atoms with Gasteiger partial charge in [0.15, 0.2) is 0 Å². The van der Waals surface area contributed by atoms with Gasteiger partial charge in [0.05, 0.1) is 0 Å². The van der Waals surface area contributed by atoms with Crippen molar-refractivity contribution in [3.63, 3.8) is 0 Å². The van der Waals surface area contributed by atoms with E-state index < -0.39 is 0 Å². The Morgan fingerprint density at radius 3 is 2.33 bits per heavy atom. The van der Waals surface area contributed by atoms with Gasteiger partial charge in [-0.15, -0.1) is 0 Å². The second kappa shape index (κ2) is 4.26. The quantitative estimate of drug-likeness (QED) is 0.518. The molecule has 0 bridgehead atoms. The number of carbonyl (C=O) groups is 1. The van der Waals surface area contributed by atoms with Crippen LogP contribution in [0.1, 0.15) is 27.7 Å². The number of hydrogen-bond acceptors (Lipinski definition) is 3. The third-order valence-electron chi connectivity index (χ3n) is 1.46. The summed E-state index contributed by atoms with van der Waals surface area (Å²) in [5, 5.41) is 0. The molecular weight excluding hydrogens is 154 g/mol. The van der Waals surface area contributed by atoms with E-state index >= 15 is 0 Å². The third-order valence-corrected chi connectivity index (χ3v) is 1.46. The lowest BCUT2D eigenvalue weighted by Gasteiger charge is -2.19. The molecule has 0 aromatic rings. The Morgan fingerprint density at radius 1 is 1.50 bits per heavy atom. The Morgan fingerprint density at radius 2 is 2.00 bits per heavy atom. The van der Waals surface area contributed by atoms with Crippen molar-refractivity contribution in [2.24, 2.45) is 5.41 Å². The van der Waals surface area contributed by atoms with Crippen LogP contribution in [0.4, 0.5) is 0 Å². The molecule has 0 aromatic heterocycles. The lowest BCUT2D eigenvalue weighted by molar-refractivity contribution is -0.147. The number of carbonyl (C=O) groups excluding carboxylic acids is 1. The van der Waals surface area contributed by atoms with E-state index in [4.69, 9.17) is 4.84 Å². The molecule has 0 rings (SSSR count). The fourth-order valence-electron chi connectivity index (χ4n) is 0.506. The van der Waals surface area contributed by atoms with Gasteiger partial charge in [-0.05, 0) is 12.3 Å². The van der Waals surface area contributed by atoms with E-state index in [1.807, 2.05) is 27.7 Å². The first-order valence-electron chi connectivity index (χ1n) is 4.03. The summed E-state index contributed by atoms with van der Waals surface area (Å²) in [7, 11) is 0. The summed E-state index contributed by atoms with van der Waals surface area (Å²) in [5.74, 6) is -0.385. The summed E-state index contributed by atoms with van der Waals surface area (Å²) >= 11 is 0. The molecule has 0 saturated carbocycles. The smallest absolute Gasteiger partial charge is 0.352 e. The van der Waals surface area contributed by atoms with Crippen LogP contribution in [-0.4, -0.2) is 12.5 Å². The summed E-state index contributed by atoms with van der Waals surface area (Å²) in [4.78, 5) is 15.9. The van der Waals surface area contributed by atoms with E-state index in [9.17, 15) is 4.79 Å². The van der Waals surface area contributed by atoms with Crippen molar-refractivity contribution in [1.82, 2.24) is 5.48 Å². The zero-order valence-electron chi connectivity index (χ0n) is 8.23. The van der Waals surface area contributed by atoms with Crippen LogP contribution in [0.25, 0.3) is 0 Å². The minimum absolute atomic E-state index is 0.230. The molecule has 0 spiro atoms. The zero-order valence-corrected chi connectivity index (χ0v) is 8.23. The van der Waals surface area contributed by atoms with Gasteiger partial charge in [0, 0.05) is 12.1 Å². The van der Waals surface area contributed by atoms with Gasteiger partial charge in [-0.2, -0.15) is 5.48 Å². The predicted molar refractivity (Wildman–Crippen MR) is 48.4 cm³/mol. The molecule has 0 heterocycles. The van der Waals surface area contributed by atoms with E-state index in [1.54, 1.807) is 0 Å². The van der Waals surface area contributed by atoms with Crippen LogP contribution < -0.4 is 5.48 Å². The van der Waals surface area contributed by atoms with Gasteiger partial charge < -0.3 is 4.84 Å². The van der Waals surface area contributed by atoms with Gasteiger partial charge in [0.1, 0.15) is 0 Å². The van der Waals surface area contributed by atoms with Crippen molar-refractivity contribution in [3.8, 4) is 0 Å². The second-order valence-corrected chi connectivity index (χ2v) is 3.62. The summed E-state index contributed by atoms with van der Waals surface area (Å²) in [5.41, 5.74) is 2.74. The SMILES string of the molecule is C=C(C(=O)ONCC)C(C)(C)C. The summed E-state index contributed by atoms with van der Waals surface area (Å²) < 4.78 is 0. The lowest BCUT2D eigenvalue weighted by Crippen LogP contribution is -2.25. The monoisotopic (exact) mass is 171 g/mol. The van der Waals surface area contributed by atoms with Crippen LogP contribution in [0.15, 0.2) is 12.2 Å². The maximum atomic E-state index is 11.2. The summed E-state index contributed by atoms with van der Waals surface area (Å²) in [6.07, 6.45) is 0. The van der Waals surface area contributed by atoms with E-state index in [2.05, 4.69) is 12.1 Å². The van der Waals surface area contributed by atoms with Gasteiger partial charge >= 0.3 is 5.97 Å². The maximum absolute atomic E-state index is 11.2. The van der Waals surface area contributed by atoms with E-state index in [0.717, 1.165) is 0 Å². The lowest BCUT2D eigenvalue weighted by atomic mass is 9.88. The molecule has 0 aliphatic rings. The van der Waals surface area contributed by atoms with Crippen molar-refractivity contribution in [2.75, 3.05) is 6.54 Å². The highest BCUT2D eigenvalue weighted by molar-refractivity contribution is 5.88. The molecule has 1 N–H and O–H groups in total. The fraction of sp³-hybridized carbons (Fsp3) is 0.667. The zero-order chi connectivity index (χ0) is 9.78. The Balaban J connectivity index is 4.04. The highest BCUT2D eigenvalue weighted by Crippen LogP contribution is 2.23. The molecular formula is C9H17NO2. The van der Waals surface area contributed by atoms with E-state index in [-0.39, 0.29) is 11.4 Å². The average Bonchev–Trinajstić information content (AvgIpc) is 1.97. The largest absolute Gasteiger partial charge is 0.367 e. The van der Waals surface area contributed by atoms with Gasteiger partial charge in [-0.3, -0.25) is 0 Å². The summed E-state index contributed by atoms with van der Waals surface area (Å²) in [6.45, 7) is 11.9. The highest BCUT2D eigenvalue weighted by Gasteiger charge is 2.22. The number of hydrogen-bond donors (Lipinski definition) is 1. The van der Waals surface area contributed by atoms with E-state index in [1.165, 1.54) is 0 Å². The molecule has 0 fully saturated rings. The van der Waals surface area contributed by atoms with Crippen molar-refractivity contribution < 1.29 is 9.63 Å². The molecule has 0 amide bonds. The predicted octanol–water partition coefficient (Wildman–Crippen LogP) is 1.66. The van der Waals surface area contributed by atoms with Crippen LogP contribution in [0.3, 0.4) is 0 Å². The number of rotatable bonds is 3. The molecule has 12 heavy (non-hydrogen) atoms. The molecule has 3 nitrogen and oxygen atoms in total. The van der Waals surface area contributed by atoms with Crippen LogP contribution >= 0.6 is 0 Å². The van der Waals surface area contributed by atoms with Crippen LogP contribution in [0, 0.1) is 5.41 Å². The van der Waals surface area contributed by atoms with Crippen molar-refractivity contribution >= 4 is 5.97 Å². The third kappa shape index (κ3) is 3.53. The van der Waals surface area contributed by atoms with Crippen molar-refractivity contribution in [3.05, 3.63) is 12.2 Å². The molecule has 0 radical (unpaired) electrons. The number of hydroxylamine groups is 1. The molecule has 0 saturated heterocycles. The van der Waals surface area contributed by atoms with E-state index in [0.29, 0.717) is 12.1 Å². The molecule has 70 valence electrons. The first-order valence-corrected chi connectivity index (χ1v) is 4.03. The Labute approximate surface area is 73.7 Å². The first kappa shape index (κ1) is 11.2. The molecule has 0 unspecified atom stereocenters. The Bertz CT molecular complexity index is 179. The minimum Gasteiger partial charge on any atom is -0.367 e. The molecule has 0 aliphatic heterocycles. The van der Waals surface area contributed by atoms with Gasteiger partial charge in [-0.25, -0.2) is 4.79 Å². The molecule has 0 aliphatic carbocycles. The normalized spacial score (nSPS) is 11.0. The summed E-state index contributed by atoms with van der Waals surface area (Å²) in [6, 6.07) is 0. The minimum atomic E-state index is -0.385. The van der Waals surface area contributed by atoms with Crippen molar-refractivity contribution in [1.29, 1.82) is 0 Å². The second-order valence-electron chi connectivity index (χ2n) is 3.62. The van der Waals surface area contributed by atoms with Crippen LogP contribution in [0.2, 0.25) is 0 Å². The van der Waals surface area contributed by atoms with Crippen LogP contribution in [0.5, 0.6) is 0 Å². The Hall–Kier alpha value is -0.830. The molecule has 0 atom stereocenters. The Kier molecular flexibility index (Phi) is 3.96. The van der Waals surface area contributed by atoms with Gasteiger partial charge in [-0.1, -0.05) is 27.4 Å². The highest BCUT2D eigenvalue weighted by atomic mass is 16.7. The van der Waals surface area contributed by atoms with Crippen LogP contribution in [-0.2, 0) is 9.63 Å². The maximum Gasteiger partial charge on any atom is 0.352 e. The fourth-order valence-corrected chi connectivity index (χ4v) is 0.506. The van der Waals surface area contributed by atoms with Gasteiger partial charge in [0.2, 0.25) is 0 Å². The first-order chi connectivity index (χ1) is 5.39. The standard InChI is InChI=1S/C9H17NO2/c1-6-10-12-8(11)7(2)9(3,4)5/h10H,2,6H2,1,3-5H3. The topological polar surface area (TPSA) is 38.3 Å². The molecule has 0 aromatic carbocycles. The average molecular weight is 171 g/mol.